The molecule has 2 rings (SSSR count). The van der Waals surface area contributed by atoms with Crippen LogP contribution in [-0.2, 0) is 0 Å². The maximum atomic E-state index is 2.15. The molecular formula is C15H15I. The molecule has 0 aliphatic heterocycles. The second-order valence-corrected chi connectivity index (χ2v) is 3.15. The SMILES string of the molecule is C(=C\c1ccccc1)/c1ccccc1.CI. The van der Waals surface area contributed by atoms with Crippen LogP contribution in [-0.4, -0.2) is 4.93 Å². The van der Waals surface area contributed by atoms with Crippen LogP contribution >= 0.6 is 22.6 Å². The molecule has 0 amide bonds. The Labute approximate surface area is 111 Å². The molecule has 16 heavy (non-hydrogen) atoms. The van der Waals surface area contributed by atoms with Crippen LogP contribution in [0.15, 0.2) is 60.7 Å². The van der Waals surface area contributed by atoms with Gasteiger partial charge in [-0.15, -0.1) is 0 Å². The topological polar surface area (TPSA) is 0 Å². The van der Waals surface area contributed by atoms with Crippen molar-refractivity contribution in [1.29, 1.82) is 0 Å². The van der Waals surface area contributed by atoms with E-state index in [1.54, 1.807) is 0 Å². The number of hydrogen-bond donors (Lipinski definition) is 0. The zero-order valence-electron chi connectivity index (χ0n) is 9.31. The van der Waals surface area contributed by atoms with Crippen LogP contribution in [0.3, 0.4) is 0 Å². The summed E-state index contributed by atoms with van der Waals surface area (Å²) in [5, 5.41) is 0. The van der Waals surface area contributed by atoms with Crippen LogP contribution in [0.2, 0.25) is 0 Å². The Morgan fingerprint density at radius 2 is 0.938 bits per heavy atom. The number of halogens is 1. The summed E-state index contributed by atoms with van der Waals surface area (Å²) in [6, 6.07) is 20.6. The van der Waals surface area contributed by atoms with Gasteiger partial charge >= 0.3 is 0 Å². The van der Waals surface area contributed by atoms with E-state index in [4.69, 9.17) is 0 Å². The summed E-state index contributed by atoms with van der Waals surface area (Å²) in [4.78, 5) is 1.97. The van der Waals surface area contributed by atoms with Crippen molar-refractivity contribution in [3.8, 4) is 0 Å². The highest BCUT2D eigenvalue weighted by Crippen LogP contribution is 2.06. The molecule has 0 aliphatic rings. The van der Waals surface area contributed by atoms with Crippen LogP contribution in [0.25, 0.3) is 12.2 Å². The van der Waals surface area contributed by atoms with Gasteiger partial charge in [0, 0.05) is 0 Å². The van der Waals surface area contributed by atoms with Crippen molar-refractivity contribution in [1.82, 2.24) is 0 Å². The van der Waals surface area contributed by atoms with Crippen molar-refractivity contribution in [2.45, 2.75) is 0 Å². The quantitative estimate of drug-likeness (QED) is 0.419. The Hall–Kier alpha value is -1.09. The van der Waals surface area contributed by atoms with E-state index in [0.29, 0.717) is 0 Å². The second kappa shape index (κ2) is 8.11. The fourth-order valence-electron chi connectivity index (χ4n) is 1.32. The standard InChI is InChI=1S/C14H12.CH3I/c1-3-7-13(8-4-1)11-12-14-9-5-2-6-10-14;1-2/h1-12H;1H3/b12-11+;. The van der Waals surface area contributed by atoms with Gasteiger partial charge in [0.05, 0.1) is 0 Å². The molecule has 0 aliphatic carbocycles. The van der Waals surface area contributed by atoms with E-state index in [1.165, 1.54) is 11.1 Å². The average molecular weight is 322 g/mol. The molecule has 0 heterocycles. The fraction of sp³-hybridized carbons (Fsp3) is 0.0667. The van der Waals surface area contributed by atoms with E-state index in [-0.39, 0.29) is 0 Å². The zero-order valence-corrected chi connectivity index (χ0v) is 11.5. The molecule has 0 saturated heterocycles. The van der Waals surface area contributed by atoms with Crippen molar-refractivity contribution in [2.75, 3.05) is 4.93 Å². The Morgan fingerprint density at radius 3 is 1.25 bits per heavy atom. The summed E-state index contributed by atoms with van der Waals surface area (Å²) in [7, 11) is 0. The van der Waals surface area contributed by atoms with Crippen LogP contribution in [0.5, 0.6) is 0 Å². The minimum atomic E-state index is 1.23. The molecule has 0 radical (unpaired) electrons. The smallest absolute Gasteiger partial charge is 0.0121 e. The molecule has 2 aromatic rings. The molecule has 0 fully saturated rings. The number of benzene rings is 2. The van der Waals surface area contributed by atoms with Gasteiger partial charge in [-0.25, -0.2) is 0 Å². The predicted octanol–water partition coefficient (Wildman–Crippen LogP) is 4.91. The van der Waals surface area contributed by atoms with Gasteiger partial charge < -0.3 is 0 Å². The Balaban J connectivity index is 0.000000606. The summed E-state index contributed by atoms with van der Waals surface area (Å²) in [6.07, 6.45) is 4.24. The summed E-state index contributed by atoms with van der Waals surface area (Å²) in [6.45, 7) is 0. The van der Waals surface area contributed by atoms with Crippen molar-refractivity contribution in [3.63, 3.8) is 0 Å². The maximum absolute atomic E-state index is 2.15. The Morgan fingerprint density at radius 1 is 0.625 bits per heavy atom. The molecular weight excluding hydrogens is 307 g/mol. The summed E-state index contributed by atoms with van der Waals surface area (Å²) in [5.41, 5.74) is 2.47. The zero-order chi connectivity index (χ0) is 11.6. The van der Waals surface area contributed by atoms with E-state index in [2.05, 4.69) is 59.0 Å². The molecule has 0 spiro atoms. The van der Waals surface area contributed by atoms with E-state index in [9.17, 15) is 0 Å². The van der Waals surface area contributed by atoms with E-state index < -0.39 is 0 Å². The third-order valence-corrected chi connectivity index (χ3v) is 2.07. The lowest BCUT2D eigenvalue weighted by Gasteiger charge is -1.92. The summed E-state index contributed by atoms with van der Waals surface area (Å²) >= 11 is 2.15. The third-order valence-electron chi connectivity index (χ3n) is 2.07. The fourth-order valence-corrected chi connectivity index (χ4v) is 1.32. The molecule has 0 aromatic heterocycles. The first-order chi connectivity index (χ1) is 7.95. The molecule has 1 heteroatoms. The highest BCUT2D eigenvalue weighted by atomic mass is 127. The van der Waals surface area contributed by atoms with Crippen LogP contribution in [0, 0.1) is 0 Å². The van der Waals surface area contributed by atoms with Gasteiger partial charge in [-0.1, -0.05) is 95.4 Å². The molecule has 82 valence electrons. The molecule has 0 nitrogen and oxygen atoms in total. The largest absolute Gasteiger partial charge is 0.0901 e. The lowest BCUT2D eigenvalue weighted by Crippen LogP contribution is -1.70. The first kappa shape index (κ1) is 13.0. The van der Waals surface area contributed by atoms with Crippen molar-refractivity contribution >= 4 is 34.7 Å². The molecule has 2 aromatic carbocycles. The maximum Gasteiger partial charge on any atom is -0.0121 e. The van der Waals surface area contributed by atoms with Gasteiger partial charge in [-0.3, -0.25) is 0 Å². The predicted molar refractivity (Wildman–Crippen MR) is 81.8 cm³/mol. The van der Waals surface area contributed by atoms with Crippen molar-refractivity contribution in [3.05, 3.63) is 71.8 Å². The first-order valence-corrected chi connectivity index (χ1v) is 7.27. The van der Waals surface area contributed by atoms with Crippen LogP contribution < -0.4 is 0 Å². The van der Waals surface area contributed by atoms with Crippen LogP contribution in [0.4, 0.5) is 0 Å². The normalized spacial score (nSPS) is 9.62. The van der Waals surface area contributed by atoms with Gasteiger partial charge in [-0.2, -0.15) is 0 Å². The monoisotopic (exact) mass is 322 g/mol. The van der Waals surface area contributed by atoms with E-state index in [0.717, 1.165) is 0 Å². The lowest BCUT2D eigenvalue weighted by molar-refractivity contribution is 1.65. The van der Waals surface area contributed by atoms with Gasteiger partial charge in [-0.05, 0) is 16.1 Å². The summed E-state index contributed by atoms with van der Waals surface area (Å²) < 4.78 is 0. The molecule has 0 atom stereocenters. The summed E-state index contributed by atoms with van der Waals surface area (Å²) in [5.74, 6) is 0. The van der Waals surface area contributed by atoms with Crippen molar-refractivity contribution < 1.29 is 0 Å². The van der Waals surface area contributed by atoms with E-state index in [1.807, 2.05) is 41.3 Å². The minimum Gasteiger partial charge on any atom is -0.0901 e. The van der Waals surface area contributed by atoms with Gasteiger partial charge in [0.15, 0.2) is 0 Å². The Bertz CT molecular complexity index is 362. The first-order valence-electron chi connectivity index (χ1n) is 5.11. The lowest BCUT2D eigenvalue weighted by atomic mass is 10.1. The minimum absolute atomic E-state index is 1.23. The molecule has 0 unspecified atom stereocenters. The van der Waals surface area contributed by atoms with Crippen molar-refractivity contribution in [2.24, 2.45) is 0 Å². The van der Waals surface area contributed by atoms with Crippen LogP contribution in [0.1, 0.15) is 11.1 Å². The third kappa shape index (κ3) is 4.62. The average Bonchev–Trinajstić information content (AvgIpc) is 2.41. The molecule has 0 bridgehead atoms. The number of rotatable bonds is 2. The highest BCUT2D eigenvalue weighted by Gasteiger charge is 1.84. The molecule has 0 N–H and O–H groups in total. The van der Waals surface area contributed by atoms with E-state index >= 15 is 0 Å². The molecule has 0 saturated carbocycles. The number of hydrogen-bond acceptors (Lipinski definition) is 0. The van der Waals surface area contributed by atoms with Gasteiger partial charge in [0.2, 0.25) is 0 Å². The number of alkyl halides is 1. The second-order valence-electron chi connectivity index (χ2n) is 3.15. The van der Waals surface area contributed by atoms with Gasteiger partial charge in [0.1, 0.15) is 0 Å². The Kier molecular flexibility index (Phi) is 6.58. The van der Waals surface area contributed by atoms with Gasteiger partial charge in [0.25, 0.3) is 0 Å². The highest BCUT2D eigenvalue weighted by molar-refractivity contribution is 14.1.